The van der Waals surface area contributed by atoms with Crippen molar-refractivity contribution in [2.24, 2.45) is 5.84 Å². The van der Waals surface area contributed by atoms with Gasteiger partial charge in [0.15, 0.2) is 0 Å². The first-order chi connectivity index (χ1) is 9.17. The van der Waals surface area contributed by atoms with E-state index >= 15 is 0 Å². The number of methoxy groups -OCH3 is 1. The molecule has 0 saturated heterocycles. The Morgan fingerprint density at radius 3 is 2.63 bits per heavy atom. The molecule has 1 aromatic carbocycles. The highest BCUT2D eigenvalue weighted by Crippen LogP contribution is 2.28. The predicted octanol–water partition coefficient (Wildman–Crippen LogP) is 1.65. The van der Waals surface area contributed by atoms with Crippen LogP contribution in [-0.2, 0) is 0 Å². The van der Waals surface area contributed by atoms with Crippen LogP contribution in [0.4, 0.5) is 0 Å². The number of nitrogens with one attached hydrogen (secondary N) is 1. The molecule has 5 nitrogen and oxygen atoms in total. The third-order valence-corrected chi connectivity index (χ3v) is 3.16. The number of ether oxygens (including phenoxy) is 1. The summed E-state index contributed by atoms with van der Waals surface area (Å²) in [5.74, 6) is 6.56. The lowest BCUT2D eigenvalue weighted by Crippen LogP contribution is -2.30. The maximum absolute atomic E-state index is 5.68. The van der Waals surface area contributed by atoms with Crippen LogP contribution in [0, 0.1) is 13.8 Å². The average molecular weight is 258 g/mol. The number of aryl methyl sites for hydroxylation is 2. The first-order valence-electron chi connectivity index (χ1n) is 6.04. The summed E-state index contributed by atoms with van der Waals surface area (Å²) < 4.78 is 5.32. The van der Waals surface area contributed by atoms with Crippen LogP contribution in [-0.4, -0.2) is 17.1 Å². The van der Waals surface area contributed by atoms with Gasteiger partial charge in [0, 0.05) is 6.20 Å². The van der Waals surface area contributed by atoms with E-state index < -0.39 is 0 Å². The monoisotopic (exact) mass is 258 g/mol. The number of hydrogen-bond acceptors (Lipinski definition) is 5. The number of nitrogens with zero attached hydrogens (tertiary/aromatic N) is 2. The van der Waals surface area contributed by atoms with Crippen LogP contribution in [0.5, 0.6) is 5.75 Å². The van der Waals surface area contributed by atoms with Crippen molar-refractivity contribution >= 4 is 0 Å². The van der Waals surface area contributed by atoms with E-state index in [2.05, 4.69) is 21.5 Å². The Morgan fingerprint density at radius 2 is 2.05 bits per heavy atom. The summed E-state index contributed by atoms with van der Waals surface area (Å²) >= 11 is 0. The molecule has 1 atom stereocenters. The summed E-state index contributed by atoms with van der Waals surface area (Å²) in [7, 11) is 1.67. The van der Waals surface area contributed by atoms with Gasteiger partial charge in [0.1, 0.15) is 12.1 Å². The summed E-state index contributed by atoms with van der Waals surface area (Å²) in [4.78, 5) is 8.18. The van der Waals surface area contributed by atoms with Gasteiger partial charge in [-0.1, -0.05) is 6.07 Å². The summed E-state index contributed by atoms with van der Waals surface area (Å²) in [5, 5.41) is 0. The molecule has 0 radical (unpaired) electrons. The molecule has 1 unspecified atom stereocenters. The van der Waals surface area contributed by atoms with Gasteiger partial charge in [0.25, 0.3) is 0 Å². The minimum Gasteiger partial charge on any atom is -0.496 e. The van der Waals surface area contributed by atoms with Gasteiger partial charge in [-0.2, -0.15) is 0 Å². The van der Waals surface area contributed by atoms with E-state index in [1.807, 2.05) is 26.0 Å². The second kappa shape index (κ2) is 5.77. The normalized spacial score (nSPS) is 12.2. The van der Waals surface area contributed by atoms with Crippen molar-refractivity contribution in [2.45, 2.75) is 19.9 Å². The summed E-state index contributed by atoms with van der Waals surface area (Å²) in [6.45, 7) is 4.04. The first kappa shape index (κ1) is 13.5. The Morgan fingerprint density at radius 1 is 1.26 bits per heavy atom. The third kappa shape index (κ3) is 2.72. The van der Waals surface area contributed by atoms with Gasteiger partial charge in [-0.3, -0.25) is 5.84 Å². The number of hydrogen-bond donors (Lipinski definition) is 2. The van der Waals surface area contributed by atoms with Crippen LogP contribution in [0.15, 0.2) is 30.7 Å². The molecule has 1 heterocycles. The minimum absolute atomic E-state index is 0.160. The van der Waals surface area contributed by atoms with Crippen LogP contribution >= 0.6 is 0 Å². The van der Waals surface area contributed by atoms with Crippen LogP contribution in [0.3, 0.4) is 0 Å². The zero-order valence-corrected chi connectivity index (χ0v) is 11.3. The van der Waals surface area contributed by atoms with Crippen LogP contribution in [0.25, 0.3) is 0 Å². The van der Waals surface area contributed by atoms with Crippen LogP contribution < -0.4 is 16.0 Å². The fraction of sp³-hybridized carbons (Fsp3) is 0.286. The minimum atomic E-state index is -0.160. The van der Waals surface area contributed by atoms with Gasteiger partial charge in [-0.15, -0.1) is 0 Å². The highest BCUT2D eigenvalue weighted by atomic mass is 16.5. The predicted molar refractivity (Wildman–Crippen MR) is 73.7 cm³/mol. The molecular weight excluding hydrogens is 240 g/mol. The Kier molecular flexibility index (Phi) is 4.09. The van der Waals surface area contributed by atoms with Gasteiger partial charge in [0.2, 0.25) is 0 Å². The highest BCUT2D eigenvalue weighted by Gasteiger charge is 2.17. The van der Waals surface area contributed by atoms with Gasteiger partial charge in [0.05, 0.1) is 18.8 Å². The Balaban J connectivity index is 2.47. The zero-order chi connectivity index (χ0) is 13.8. The van der Waals surface area contributed by atoms with E-state index in [-0.39, 0.29) is 6.04 Å². The van der Waals surface area contributed by atoms with Crippen molar-refractivity contribution in [1.82, 2.24) is 15.4 Å². The molecular formula is C14H18N4O. The third-order valence-electron chi connectivity index (χ3n) is 3.16. The van der Waals surface area contributed by atoms with Gasteiger partial charge < -0.3 is 4.74 Å². The SMILES string of the molecule is COc1cc(C)c(C(NN)c2ccncn2)cc1C. The molecule has 19 heavy (non-hydrogen) atoms. The largest absolute Gasteiger partial charge is 0.496 e. The fourth-order valence-corrected chi connectivity index (χ4v) is 2.15. The molecule has 5 heteroatoms. The number of aromatic nitrogens is 2. The molecule has 100 valence electrons. The molecule has 1 aromatic heterocycles. The van der Waals surface area contributed by atoms with E-state index in [0.29, 0.717) is 0 Å². The summed E-state index contributed by atoms with van der Waals surface area (Å²) in [5.41, 5.74) is 6.90. The maximum atomic E-state index is 5.68. The average Bonchev–Trinajstić information content (AvgIpc) is 2.44. The summed E-state index contributed by atoms with van der Waals surface area (Å²) in [6.07, 6.45) is 3.23. The van der Waals surface area contributed by atoms with Crippen molar-refractivity contribution < 1.29 is 4.74 Å². The molecule has 0 fully saturated rings. The number of benzene rings is 1. The van der Waals surface area contributed by atoms with Crippen molar-refractivity contribution in [3.05, 3.63) is 53.1 Å². The molecule has 0 aliphatic heterocycles. The lowest BCUT2D eigenvalue weighted by atomic mass is 9.96. The lowest BCUT2D eigenvalue weighted by Gasteiger charge is -2.19. The quantitative estimate of drug-likeness (QED) is 0.644. The van der Waals surface area contributed by atoms with Crippen molar-refractivity contribution in [2.75, 3.05) is 7.11 Å². The van der Waals surface area contributed by atoms with Crippen molar-refractivity contribution in [3.8, 4) is 5.75 Å². The topological polar surface area (TPSA) is 73.1 Å². The molecule has 2 rings (SSSR count). The van der Waals surface area contributed by atoms with Crippen LogP contribution in [0.2, 0.25) is 0 Å². The van der Waals surface area contributed by atoms with Crippen LogP contribution in [0.1, 0.15) is 28.4 Å². The highest BCUT2D eigenvalue weighted by molar-refractivity contribution is 5.44. The van der Waals surface area contributed by atoms with Gasteiger partial charge >= 0.3 is 0 Å². The Bertz CT molecular complexity index is 557. The Hall–Kier alpha value is -1.98. The van der Waals surface area contributed by atoms with Gasteiger partial charge in [-0.05, 0) is 42.7 Å². The molecule has 0 saturated carbocycles. The van der Waals surface area contributed by atoms with Gasteiger partial charge in [-0.25, -0.2) is 15.4 Å². The number of nitrogens with two attached hydrogens (primary N) is 1. The molecule has 0 amide bonds. The first-order valence-corrected chi connectivity index (χ1v) is 6.04. The second-order valence-corrected chi connectivity index (χ2v) is 4.41. The molecule has 0 aliphatic rings. The molecule has 3 N–H and O–H groups in total. The van der Waals surface area contributed by atoms with E-state index in [1.54, 1.807) is 13.3 Å². The smallest absolute Gasteiger partial charge is 0.122 e. The number of rotatable bonds is 4. The van der Waals surface area contributed by atoms with E-state index in [4.69, 9.17) is 10.6 Å². The van der Waals surface area contributed by atoms with Crippen molar-refractivity contribution in [1.29, 1.82) is 0 Å². The Labute approximate surface area is 112 Å². The van der Waals surface area contributed by atoms with E-state index in [0.717, 1.165) is 28.1 Å². The molecule has 2 aromatic rings. The molecule has 0 spiro atoms. The van der Waals surface area contributed by atoms with E-state index in [9.17, 15) is 0 Å². The van der Waals surface area contributed by atoms with Crippen molar-refractivity contribution in [3.63, 3.8) is 0 Å². The molecule has 0 aliphatic carbocycles. The molecule has 0 bridgehead atoms. The lowest BCUT2D eigenvalue weighted by molar-refractivity contribution is 0.411. The standard InChI is InChI=1S/C14H18N4O/c1-9-7-13(19-3)10(2)6-11(9)14(18-15)12-4-5-16-8-17-12/h4-8,14,18H,15H2,1-3H3. The number of hydrazine groups is 1. The fourth-order valence-electron chi connectivity index (χ4n) is 2.15. The maximum Gasteiger partial charge on any atom is 0.122 e. The van der Waals surface area contributed by atoms with E-state index in [1.165, 1.54) is 6.33 Å². The second-order valence-electron chi connectivity index (χ2n) is 4.41. The summed E-state index contributed by atoms with van der Waals surface area (Å²) in [6, 6.07) is 5.77. The zero-order valence-electron chi connectivity index (χ0n) is 11.3.